The third-order valence-corrected chi connectivity index (χ3v) is 3.81. The lowest BCUT2D eigenvalue weighted by Crippen LogP contribution is -2.14. The van der Waals surface area contributed by atoms with Crippen molar-refractivity contribution in [1.82, 2.24) is 0 Å². The Morgan fingerprint density at radius 1 is 1.33 bits per heavy atom. The van der Waals surface area contributed by atoms with Crippen molar-refractivity contribution in [3.8, 4) is 17.6 Å². The summed E-state index contributed by atoms with van der Waals surface area (Å²) in [6.45, 7) is 3.69. The Balaban J connectivity index is 2.42. The van der Waals surface area contributed by atoms with Crippen molar-refractivity contribution in [2.75, 3.05) is 12.4 Å². The van der Waals surface area contributed by atoms with Gasteiger partial charge in [-0.25, -0.2) is 0 Å². The lowest BCUT2D eigenvalue weighted by molar-refractivity contribution is -0.386. The Morgan fingerprint density at radius 2 is 2.04 bits per heavy atom. The van der Waals surface area contributed by atoms with Crippen molar-refractivity contribution in [1.29, 1.82) is 5.26 Å². The number of nitrogens with one attached hydrogen (secondary N) is 1. The molecular weight excluding hydrogens is 350 g/mol. The summed E-state index contributed by atoms with van der Waals surface area (Å²) in [6, 6.07) is 9.65. The monoisotopic (exact) mass is 367 g/mol. The fourth-order valence-electron chi connectivity index (χ4n) is 2.37. The van der Waals surface area contributed by atoms with Crippen molar-refractivity contribution in [3.05, 3.63) is 62.7 Å². The molecule has 0 atom stereocenters. The molecule has 0 saturated heterocycles. The number of aromatic hydroxyl groups is 1. The van der Waals surface area contributed by atoms with Crippen molar-refractivity contribution >= 4 is 23.4 Å². The van der Waals surface area contributed by atoms with Gasteiger partial charge in [0, 0.05) is 11.8 Å². The van der Waals surface area contributed by atoms with Gasteiger partial charge in [0.2, 0.25) is 5.75 Å². The van der Waals surface area contributed by atoms with E-state index in [1.807, 2.05) is 26.0 Å². The summed E-state index contributed by atoms with van der Waals surface area (Å²) in [7, 11) is 1.24. The van der Waals surface area contributed by atoms with Gasteiger partial charge in [0.15, 0.2) is 5.75 Å². The van der Waals surface area contributed by atoms with Gasteiger partial charge in [0.25, 0.3) is 5.91 Å². The van der Waals surface area contributed by atoms with E-state index in [2.05, 4.69) is 5.32 Å². The minimum atomic E-state index is -0.780. The first-order valence-corrected chi connectivity index (χ1v) is 7.82. The Bertz CT molecular complexity index is 990. The number of hydrogen-bond acceptors (Lipinski definition) is 6. The van der Waals surface area contributed by atoms with Crippen molar-refractivity contribution in [2.45, 2.75) is 13.8 Å². The summed E-state index contributed by atoms with van der Waals surface area (Å²) in [4.78, 5) is 22.7. The van der Waals surface area contributed by atoms with E-state index in [0.29, 0.717) is 5.69 Å². The number of rotatable bonds is 5. The quantitative estimate of drug-likeness (QED) is 0.361. The number of hydrogen-bond donors (Lipinski definition) is 2. The van der Waals surface area contributed by atoms with E-state index in [9.17, 15) is 25.3 Å². The normalized spacial score (nSPS) is 10.8. The molecule has 0 unspecified atom stereocenters. The first kappa shape index (κ1) is 19.5. The molecule has 0 heterocycles. The molecule has 2 aromatic rings. The fourth-order valence-corrected chi connectivity index (χ4v) is 2.37. The van der Waals surface area contributed by atoms with Gasteiger partial charge in [-0.3, -0.25) is 14.9 Å². The number of anilines is 1. The van der Waals surface area contributed by atoms with Gasteiger partial charge in [-0.05, 0) is 48.7 Å². The van der Waals surface area contributed by atoms with Gasteiger partial charge in [-0.15, -0.1) is 0 Å². The molecule has 1 amide bonds. The smallest absolute Gasteiger partial charge is 0.315 e. The van der Waals surface area contributed by atoms with Gasteiger partial charge in [0.1, 0.15) is 11.6 Å². The highest BCUT2D eigenvalue weighted by molar-refractivity contribution is 6.10. The molecule has 27 heavy (non-hydrogen) atoms. The molecule has 0 saturated carbocycles. The average molecular weight is 367 g/mol. The lowest BCUT2D eigenvalue weighted by Gasteiger charge is -2.09. The summed E-state index contributed by atoms with van der Waals surface area (Å²) in [5.74, 6) is -1.42. The van der Waals surface area contributed by atoms with Crippen LogP contribution in [0.2, 0.25) is 0 Å². The molecular formula is C19H17N3O5. The summed E-state index contributed by atoms with van der Waals surface area (Å²) >= 11 is 0. The number of phenols is 1. The Hall–Kier alpha value is -3.86. The number of nitrogens with zero attached hydrogens (tertiary/aromatic N) is 2. The second-order valence-corrected chi connectivity index (χ2v) is 5.79. The van der Waals surface area contributed by atoms with Crippen LogP contribution in [0.3, 0.4) is 0 Å². The molecule has 0 aliphatic heterocycles. The number of amides is 1. The predicted molar refractivity (Wildman–Crippen MR) is 99.4 cm³/mol. The zero-order chi connectivity index (χ0) is 20.1. The third kappa shape index (κ3) is 4.41. The van der Waals surface area contributed by atoms with Crippen molar-refractivity contribution in [3.63, 3.8) is 0 Å². The maximum atomic E-state index is 12.4. The minimum absolute atomic E-state index is 0.136. The number of nitro groups is 1. The SMILES string of the molecule is COc1cc(/C=C(\C#N)C(=O)Nc2cc(C)ccc2C)cc([N+](=O)[O-])c1O. The van der Waals surface area contributed by atoms with Crippen molar-refractivity contribution < 1.29 is 19.6 Å². The molecule has 0 fully saturated rings. The molecule has 0 radical (unpaired) electrons. The van der Waals surface area contributed by atoms with Crippen LogP contribution in [-0.4, -0.2) is 23.0 Å². The Labute approximate surface area is 155 Å². The second-order valence-electron chi connectivity index (χ2n) is 5.79. The topological polar surface area (TPSA) is 125 Å². The molecule has 2 rings (SSSR count). The molecule has 0 spiro atoms. The van der Waals surface area contributed by atoms with Gasteiger partial charge in [0.05, 0.1) is 12.0 Å². The van der Waals surface area contributed by atoms with E-state index in [0.717, 1.165) is 17.2 Å². The summed E-state index contributed by atoms with van der Waals surface area (Å²) in [5, 5.41) is 32.9. The van der Waals surface area contributed by atoms with E-state index >= 15 is 0 Å². The lowest BCUT2D eigenvalue weighted by atomic mass is 10.1. The van der Waals surface area contributed by atoms with Gasteiger partial charge in [-0.1, -0.05) is 12.1 Å². The highest BCUT2D eigenvalue weighted by atomic mass is 16.6. The Morgan fingerprint density at radius 3 is 2.63 bits per heavy atom. The minimum Gasteiger partial charge on any atom is -0.500 e. The number of nitriles is 1. The highest BCUT2D eigenvalue weighted by Gasteiger charge is 2.20. The zero-order valence-corrected chi connectivity index (χ0v) is 14.9. The van der Waals surface area contributed by atoms with Crippen LogP contribution in [0.5, 0.6) is 11.5 Å². The maximum Gasteiger partial charge on any atom is 0.315 e. The fraction of sp³-hybridized carbons (Fsp3) is 0.158. The number of phenolic OH excluding ortho intramolecular Hbond substituents is 1. The molecule has 8 heteroatoms. The van der Waals surface area contributed by atoms with E-state index in [-0.39, 0.29) is 16.9 Å². The highest BCUT2D eigenvalue weighted by Crippen LogP contribution is 2.37. The molecule has 8 nitrogen and oxygen atoms in total. The average Bonchev–Trinajstić information content (AvgIpc) is 2.63. The zero-order valence-electron chi connectivity index (χ0n) is 14.9. The predicted octanol–water partition coefficient (Wildman–Crippen LogP) is 3.47. The number of carbonyl (C=O) groups is 1. The van der Waals surface area contributed by atoms with Crippen LogP contribution in [0, 0.1) is 35.3 Å². The van der Waals surface area contributed by atoms with Crippen molar-refractivity contribution in [2.24, 2.45) is 0 Å². The molecule has 0 bridgehead atoms. The van der Waals surface area contributed by atoms with E-state index in [1.165, 1.54) is 19.3 Å². The second kappa shape index (κ2) is 8.01. The first-order valence-electron chi connectivity index (χ1n) is 7.82. The largest absolute Gasteiger partial charge is 0.500 e. The number of aryl methyl sites for hydroxylation is 2. The van der Waals surface area contributed by atoms with Crippen LogP contribution in [0.4, 0.5) is 11.4 Å². The number of nitro benzene ring substituents is 1. The summed E-state index contributed by atoms with van der Waals surface area (Å²) in [6.07, 6.45) is 1.19. The van der Waals surface area contributed by atoms with Gasteiger partial charge < -0.3 is 15.2 Å². The molecule has 138 valence electrons. The summed E-state index contributed by atoms with van der Waals surface area (Å²) in [5.41, 5.74) is 1.66. The van der Waals surface area contributed by atoms with E-state index in [4.69, 9.17) is 4.74 Å². The van der Waals surface area contributed by atoms with Crippen LogP contribution >= 0.6 is 0 Å². The molecule has 0 aromatic heterocycles. The van der Waals surface area contributed by atoms with Crippen LogP contribution < -0.4 is 10.1 Å². The van der Waals surface area contributed by atoms with E-state index in [1.54, 1.807) is 12.1 Å². The van der Waals surface area contributed by atoms with E-state index < -0.39 is 22.3 Å². The van der Waals surface area contributed by atoms with Crippen LogP contribution in [0.25, 0.3) is 6.08 Å². The number of benzene rings is 2. The van der Waals surface area contributed by atoms with Crippen LogP contribution in [-0.2, 0) is 4.79 Å². The number of methoxy groups -OCH3 is 1. The molecule has 0 aliphatic rings. The Kier molecular flexibility index (Phi) is 5.78. The molecule has 2 N–H and O–H groups in total. The third-order valence-electron chi connectivity index (χ3n) is 3.81. The first-order chi connectivity index (χ1) is 12.8. The van der Waals surface area contributed by atoms with Gasteiger partial charge in [-0.2, -0.15) is 5.26 Å². The number of carbonyl (C=O) groups excluding carboxylic acids is 1. The summed E-state index contributed by atoms with van der Waals surface area (Å²) < 4.78 is 4.91. The van der Waals surface area contributed by atoms with Crippen LogP contribution in [0.15, 0.2) is 35.9 Å². The maximum absolute atomic E-state index is 12.4. The standard InChI is InChI=1S/C19H17N3O5/c1-11-4-5-12(2)15(6-11)21-19(24)14(10-20)7-13-8-16(22(25)26)18(23)17(9-13)27-3/h4-9,23H,1-3H3,(H,21,24)/b14-7+. The number of ether oxygens (including phenoxy) is 1. The molecule has 0 aliphatic carbocycles. The van der Waals surface area contributed by atoms with Gasteiger partial charge >= 0.3 is 5.69 Å². The molecule has 2 aromatic carbocycles. The van der Waals surface area contributed by atoms with Crippen LogP contribution in [0.1, 0.15) is 16.7 Å².